The first-order chi connectivity index (χ1) is 15.6. The minimum absolute atomic E-state index is 0.111. The fourth-order valence-electron chi connectivity index (χ4n) is 4.38. The van der Waals surface area contributed by atoms with Gasteiger partial charge in [0.15, 0.2) is 5.58 Å². The molecule has 8 nitrogen and oxygen atoms in total. The number of hydrogen-bond acceptors (Lipinski definition) is 6. The Balaban J connectivity index is 1.23. The lowest BCUT2D eigenvalue weighted by molar-refractivity contribution is -0.117. The van der Waals surface area contributed by atoms with Gasteiger partial charge in [-0.1, -0.05) is 12.1 Å². The Kier molecular flexibility index (Phi) is 5.55. The molecule has 0 unspecified atom stereocenters. The van der Waals surface area contributed by atoms with Gasteiger partial charge >= 0.3 is 5.76 Å². The Morgan fingerprint density at radius 1 is 1.19 bits per heavy atom. The normalized spacial score (nSPS) is 17.6. The molecule has 2 aromatic carbocycles. The number of carbonyl (C=O) groups excluding carboxylic acids is 1. The van der Waals surface area contributed by atoms with Crippen LogP contribution in [0.15, 0.2) is 62.4 Å². The van der Waals surface area contributed by atoms with Gasteiger partial charge in [0.05, 0.1) is 31.5 Å². The van der Waals surface area contributed by atoms with E-state index < -0.39 is 5.76 Å². The van der Waals surface area contributed by atoms with Crippen molar-refractivity contribution in [2.24, 2.45) is 13.0 Å². The van der Waals surface area contributed by atoms with E-state index in [0.717, 1.165) is 23.9 Å². The van der Waals surface area contributed by atoms with Crippen molar-refractivity contribution < 1.29 is 18.4 Å². The molecule has 166 valence electrons. The van der Waals surface area contributed by atoms with Crippen LogP contribution < -0.4 is 11.1 Å². The molecule has 3 heterocycles. The van der Waals surface area contributed by atoms with E-state index in [0.29, 0.717) is 36.5 Å². The summed E-state index contributed by atoms with van der Waals surface area (Å²) in [6, 6.07) is 13.3. The number of fused-ring (bicyclic) bond motifs is 2. The van der Waals surface area contributed by atoms with Crippen LogP contribution in [0.5, 0.6) is 0 Å². The van der Waals surface area contributed by atoms with Crippen LogP contribution in [0.25, 0.3) is 22.1 Å². The molecule has 1 amide bonds. The zero-order valence-corrected chi connectivity index (χ0v) is 17.9. The molecule has 1 aliphatic rings. The van der Waals surface area contributed by atoms with Crippen LogP contribution >= 0.6 is 0 Å². The van der Waals surface area contributed by atoms with Crippen molar-refractivity contribution in [3.63, 3.8) is 0 Å². The summed E-state index contributed by atoms with van der Waals surface area (Å²) in [5.41, 5.74) is 3.86. The number of oxazole rings is 1. The lowest BCUT2D eigenvalue weighted by atomic mass is 9.97. The van der Waals surface area contributed by atoms with Crippen molar-refractivity contribution in [1.29, 1.82) is 0 Å². The van der Waals surface area contributed by atoms with E-state index in [4.69, 9.17) is 13.6 Å². The minimum atomic E-state index is -0.426. The number of rotatable bonds is 5. The number of nitrogens with one attached hydrogen (secondary N) is 1. The fraction of sp³-hybridized carbons (Fsp3) is 0.333. The van der Waals surface area contributed by atoms with Crippen LogP contribution in [0.1, 0.15) is 5.56 Å². The van der Waals surface area contributed by atoms with Gasteiger partial charge in [-0.25, -0.2) is 4.79 Å². The van der Waals surface area contributed by atoms with Gasteiger partial charge in [0, 0.05) is 37.3 Å². The zero-order valence-electron chi connectivity index (χ0n) is 17.9. The van der Waals surface area contributed by atoms with Crippen LogP contribution in [0.2, 0.25) is 0 Å². The molecule has 0 saturated carbocycles. The van der Waals surface area contributed by atoms with Crippen LogP contribution in [-0.2, 0) is 23.0 Å². The zero-order chi connectivity index (χ0) is 22.1. The quantitative estimate of drug-likeness (QED) is 0.518. The van der Waals surface area contributed by atoms with Crippen molar-refractivity contribution in [1.82, 2.24) is 9.47 Å². The van der Waals surface area contributed by atoms with E-state index in [1.165, 1.54) is 10.1 Å². The fourth-order valence-corrected chi connectivity index (χ4v) is 4.38. The summed E-state index contributed by atoms with van der Waals surface area (Å²) < 4.78 is 18.0. The van der Waals surface area contributed by atoms with Crippen molar-refractivity contribution in [2.45, 2.75) is 6.42 Å². The van der Waals surface area contributed by atoms with Crippen molar-refractivity contribution in [3.8, 4) is 0 Å². The number of amides is 1. The summed E-state index contributed by atoms with van der Waals surface area (Å²) >= 11 is 0. The number of ether oxygens (including phenoxy) is 1. The minimum Gasteiger partial charge on any atom is -0.464 e. The number of anilines is 1. The molecule has 0 radical (unpaired) electrons. The predicted molar refractivity (Wildman–Crippen MR) is 121 cm³/mol. The second kappa shape index (κ2) is 8.64. The third-order valence-electron chi connectivity index (χ3n) is 5.96. The highest BCUT2D eigenvalue weighted by atomic mass is 16.5. The highest BCUT2D eigenvalue weighted by Gasteiger charge is 2.22. The van der Waals surface area contributed by atoms with Gasteiger partial charge in [-0.15, -0.1) is 0 Å². The molecule has 1 fully saturated rings. The summed E-state index contributed by atoms with van der Waals surface area (Å²) in [6.45, 7) is 3.00. The molecule has 0 bridgehead atoms. The van der Waals surface area contributed by atoms with Gasteiger partial charge in [0.2, 0.25) is 5.91 Å². The lowest BCUT2D eigenvalue weighted by Crippen LogP contribution is -2.37. The standard InChI is InChI=1S/C24H25N3O5/c1-26-20-6-5-18(12-22(20)32-24(26)29)25-23(28)14-27-8-10-30-15-16(13-27)11-17-3-2-4-21-19(17)7-9-31-21/h2-7,9,12,16H,8,10-11,13-15H2,1H3,(H,25,28)/t16-/m1/s1. The van der Waals surface area contributed by atoms with E-state index in [-0.39, 0.29) is 18.4 Å². The lowest BCUT2D eigenvalue weighted by Gasteiger charge is -2.23. The van der Waals surface area contributed by atoms with Crippen molar-refractivity contribution in [2.75, 3.05) is 38.2 Å². The van der Waals surface area contributed by atoms with Gasteiger partial charge in [-0.3, -0.25) is 14.3 Å². The highest BCUT2D eigenvalue weighted by molar-refractivity contribution is 5.94. The van der Waals surface area contributed by atoms with Crippen LogP contribution in [-0.4, -0.2) is 48.2 Å². The van der Waals surface area contributed by atoms with Crippen LogP contribution in [0.3, 0.4) is 0 Å². The highest BCUT2D eigenvalue weighted by Crippen LogP contribution is 2.24. The molecular formula is C24H25N3O5. The molecule has 5 rings (SSSR count). The first-order valence-corrected chi connectivity index (χ1v) is 10.7. The van der Waals surface area contributed by atoms with E-state index in [1.54, 1.807) is 31.5 Å². The SMILES string of the molecule is Cn1c(=O)oc2cc(NC(=O)CN3CCOC[C@H](Cc4cccc5occc45)C3)ccc21. The molecular weight excluding hydrogens is 410 g/mol. The predicted octanol–water partition coefficient (Wildman–Crippen LogP) is 3.01. The maximum Gasteiger partial charge on any atom is 0.419 e. The number of aromatic nitrogens is 1. The molecule has 0 aliphatic carbocycles. The topological polar surface area (TPSA) is 89.9 Å². The third kappa shape index (κ3) is 4.19. The van der Waals surface area contributed by atoms with Crippen molar-refractivity contribution in [3.05, 3.63) is 64.8 Å². The van der Waals surface area contributed by atoms with Crippen molar-refractivity contribution >= 4 is 33.7 Å². The van der Waals surface area contributed by atoms with E-state index in [9.17, 15) is 9.59 Å². The first-order valence-electron chi connectivity index (χ1n) is 10.7. The van der Waals surface area contributed by atoms with Gasteiger partial charge < -0.3 is 18.9 Å². The van der Waals surface area contributed by atoms with E-state index >= 15 is 0 Å². The molecule has 8 heteroatoms. The average molecular weight is 435 g/mol. The molecule has 1 N–H and O–H groups in total. The number of hydrogen-bond donors (Lipinski definition) is 1. The molecule has 2 aromatic heterocycles. The summed E-state index contributed by atoms with van der Waals surface area (Å²) in [5, 5.41) is 4.04. The monoisotopic (exact) mass is 435 g/mol. The molecule has 0 spiro atoms. The average Bonchev–Trinajstić information content (AvgIpc) is 3.28. The Bertz CT molecular complexity index is 1320. The second-order valence-corrected chi connectivity index (χ2v) is 8.29. The second-order valence-electron chi connectivity index (χ2n) is 8.29. The Morgan fingerprint density at radius 3 is 3.00 bits per heavy atom. The molecule has 1 saturated heterocycles. The maximum absolute atomic E-state index is 12.7. The Morgan fingerprint density at radius 2 is 2.09 bits per heavy atom. The van der Waals surface area contributed by atoms with Gasteiger partial charge in [0.25, 0.3) is 0 Å². The first kappa shape index (κ1) is 20.5. The summed E-state index contributed by atoms with van der Waals surface area (Å²) in [7, 11) is 1.65. The third-order valence-corrected chi connectivity index (χ3v) is 5.96. The van der Waals surface area contributed by atoms with Crippen LogP contribution in [0, 0.1) is 5.92 Å². The van der Waals surface area contributed by atoms with Gasteiger partial charge in [-0.2, -0.15) is 0 Å². The van der Waals surface area contributed by atoms with Gasteiger partial charge in [-0.05, 0) is 42.2 Å². The number of nitrogens with zero attached hydrogens (tertiary/aromatic N) is 2. The van der Waals surface area contributed by atoms with E-state index in [2.05, 4.69) is 16.3 Å². The van der Waals surface area contributed by atoms with Gasteiger partial charge in [0.1, 0.15) is 5.58 Å². The molecule has 32 heavy (non-hydrogen) atoms. The molecule has 4 aromatic rings. The number of benzene rings is 2. The summed E-state index contributed by atoms with van der Waals surface area (Å²) in [4.78, 5) is 26.5. The Hall–Kier alpha value is -3.36. The maximum atomic E-state index is 12.7. The summed E-state index contributed by atoms with van der Waals surface area (Å²) in [6.07, 6.45) is 2.57. The number of carbonyl (C=O) groups is 1. The van der Waals surface area contributed by atoms with E-state index in [1.807, 2.05) is 18.2 Å². The number of furan rings is 1. The summed E-state index contributed by atoms with van der Waals surface area (Å²) in [5.74, 6) is -0.258. The molecule has 1 atom stereocenters. The largest absolute Gasteiger partial charge is 0.464 e. The van der Waals surface area contributed by atoms with Crippen LogP contribution in [0.4, 0.5) is 5.69 Å². The Labute approximate surface area is 184 Å². The molecule has 1 aliphatic heterocycles. The smallest absolute Gasteiger partial charge is 0.419 e. The number of aryl methyl sites for hydroxylation is 1.